The maximum absolute atomic E-state index is 5.83. The first kappa shape index (κ1) is 15.0. The van der Waals surface area contributed by atoms with E-state index in [2.05, 4.69) is 15.1 Å². The Morgan fingerprint density at radius 3 is 2.70 bits per heavy atom. The summed E-state index contributed by atoms with van der Waals surface area (Å²) in [6.45, 7) is 4.10. The molecule has 0 amide bonds. The van der Waals surface area contributed by atoms with E-state index in [1.807, 2.05) is 38.1 Å². The van der Waals surface area contributed by atoms with Gasteiger partial charge in [-0.15, -0.1) is 0 Å². The number of pyridine rings is 2. The predicted molar refractivity (Wildman–Crippen MR) is 84.3 cm³/mol. The van der Waals surface area contributed by atoms with Crippen molar-refractivity contribution in [2.45, 2.75) is 20.5 Å². The third-order valence-corrected chi connectivity index (χ3v) is 3.44. The molecule has 6 heteroatoms. The molecule has 0 aliphatic heterocycles. The number of hydrogen-bond donors (Lipinski definition) is 0. The summed E-state index contributed by atoms with van der Waals surface area (Å²) in [7, 11) is 1.56. The van der Waals surface area contributed by atoms with Crippen molar-refractivity contribution in [2.24, 2.45) is 0 Å². The first-order chi connectivity index (χ1) is 11.2. The van der Waals surface area contributed by atoms with Gasteiger partial charge in [0.1, 0.15) is 12.4 Å². The van der Waals surface area contributed by atoms with Crippen LogP contribution in [0.2, 0.25) is 0 Å². The molecular formula is C17H17N3O3. The van der Waals surface area contributed by atoms with Crippen molar-refractivity contribution in [1.82, 2.24) is 15.1 Å². The van der Waals surface area contributed by atoms with E-state index in [0.717, 1.165) is 28.3 Å². The zero-order valence-corrected chi connectivity index (χ0v) is 13.2. The molecule has 0 aliphatic carbocycles. The van der Waals surface area contributed by atoms with Gasteiger partial charge in [-0.1, -0.05) is 11.2 Å². The van der Waals surface area contributed by atoms with Gasteiger partial charge >= 0.3 is 0 Å². The normalized spacial score (nSPS) is 10.6. The summed E-state index contributed by atoms with van der Waals surface area (Å²) in [6, 6.07) is 7.56. The lowest BCUT2D eigenvalue weighted by Gasteiger charge is -2.11. The van der Waals surface area contributed by atoms with E-state index in [1.165, 1.54) is 0 Å². The standard InChI is InChI=1S/C17H17N3O3/c1-11-16(12(2)23-20-11)13-8-15(17(21-3)19-9-13)22-10-14-6-4-5-7-18-14/h4-9H,10H2,1-3H3. The van der Waals surface area contributed by atoms with Crippen LogP contribution in [0, 0.1) is 13.8 Å². The minimum absolute atomic E-state index is 0.337. The third kappa shape index (κ3) is 3.15. The van der Waals surface area contributed by atoms with Crippen molar-refractivity contribution in [3.05, 3.63) is 53.8 Å². The molecule has 23 heavy (non-hydrogen) atoms. The number of rotatable bonds is 5. The molecule has 0 radical (unpaired) electrons. The minimum Gasteiger partial charge on any atom is -0.482 e. The molecule has 0 unspecified atom stereocenters. The molecule has 0 N–H and O–H groups in total. The third-order valence-electron chi connectivity index (χ3n) is 3.44. The van der Waals surface area contributed by atoms with Crippen LogP contribution in [0.25, 0.3) is 11.1 Å². The van der Waals surface area contributed by atoms with Crippen LogP contribution in [0.15, 0.2) is 41.2 Å². The highest BCUT2D eigenvalue weighted by molar-refractivity contribution is 5.68. The van der Waals surface area contributed by atoms with E-state index in [0.29, 0.717) is 18.2 Å². The van der Waals surface area contributed by atoms with Crippen LogP contribution in [0.5, 0.6) is 11.6 Å². The maximum Gasteiger partial charge on any atom is 0.256 e. The average molecular weight is 311 g/mol. The van der Waals surface area contributed by atoms with E-state index in [-0.39, 0.29) is 0 Å². The number of nitrogens with zero attached hydrogens (tertiary/aromatic N) is 3. The van der Waals surface area contributed by atoms with E-state index < -0.39 is 0 Å². The fourth-order valence-corrected chi connectivity index (χ4v) is 2.36. The lowest BCUT2D eigenvalue weighted by molar-refractivity contribution is 0.276. The molecule has 3 aromatic rings. The smallest absolute Gasteiger partial charge is 0.256 e. The van der Waals surface area contributed by atoms with Crippen LogP contribution < -0.4 is 9.47 Å². The molecule has 0 bridgehead atoms. The van der Waals surface area contributed by atoms with Gasteiger partial charge in [0.05, 0.1) is 18.5 Å². The van der Waals surface area contributed by atoms with Crippen LogP contribution in [0.1, 0.15) is 17.1 Å². The molecule has 3 heterocycles. The Labute approximate surface area is 134 Å². The summed E-state index contributed by atoms with van der Waals surface area (Å²) in [5.74, 6) is 1.72. The molecule has 0 atom stereocenters. The van der Waals surface area contributed by atoms with Crippen LogP contribution in [0.4, 0.5) is 0 Å². The SMILES string of the molecule is COc1ncc(-c2c(C)noc2C)cc1OCc1ccccn1. The summed E-state index contributed by atoms with van der Waals surface area (Å²) in [6.07, 6.45) is 3.45. The van der Waals surface area contributed by atoms with Crippen molar-refractivity contribution in [3.63, 3.8) is 0 Å². The molecule has 0 saturated heterocycles. The van der Waals surface area contributed by atoms with Crippen LogP contribution in [-0.2, 0) is 6.61 Å². The highest BCUT2D eigenvalue weighted by Crippen LogP contribution is 2.33. The van der Waals surface area contributed by atoms with Crippen LogP contribution >= 0.6 is 0 Å². The molecule has 0 fully saturated rings. The molecular weight excluding hydrogens is 294 g/mol. The van der Waals surface area contributed by atoms with Gasteiger partial charge in [0.15, 0.2) is 5.75 Å². The number of methoxy groups -OCH3 is 1. The lowest BCUT2D eigenvalue weighted by Crippen LogP contribution is -2.01. The lowest BCUT2D eigenvalue weighted by atomic mass is 10.1. The van der Waals surface area contributed by atoms with E-state index in [4.69, 9.17) is 14.0 Å². The second-order valence-corrected chi connectivity index (χ2v) is 5.04. The van der Waals surface area contributed by atoms with Gasteiger partial charge in [0, 0.05) is 23.5 Å². The zero-order chi connectivity index (χ0) is 16.2. The fourth-order valence-electron chi connectivity index (χ4n) is 2.36. The molecule has 0 saturated carbocycles. The number of aryl methyl sites for hydroxylation is 2. The Morgan fingerprint density at radius 2 is 2.04 bits per heavy atom. The number of aromatic nitrogens is 3. The summed E-state index contributed by atoms with van der Waals surface area (Å²) in [4.78, 5) is 8.55. The van der Waals surface area contributed by atoms with Gasteiger partial charge in [-0.3, -0.25) is 4.98 Å². The Morgan fingerprint density at radius 1 is 1.17 bits per heavy atom. The second kappa shape index (κ2) is 6.48. The summed E-state index contributed by atoms with van der Waals surface area (Å²) in [5, 5.41) is 3.97. The first-order valence-electron chi connectivity index (χ1n) is 7.19. The van der Waals surface area contributed by atoms with E-state index >= 15 is 0 Å². The van der Waals surface area contributed by atoms with Gasteiger partial charge in [0.25, 0.3) is 5.88 Å². The van der Waals surface area contributed by atoms with E-state index in [9.17, 15) is 0 Å². The highest BCUT2D eigenvalue weighted by Gasteiger charge is 2.15. The number of ether oxygens (including phenoxy) is 2. The van der Waals surface area contributed by atoms with Crippen molar-refractivity contribution < 1.29 is 14.0 Å². The van der Waals surface area contributed by atoms with Crippen molar-refractivity contribution in [1.29, 1.82) is 0 Å². The maximum atomic E-state index is 5.83. The van der Waals surface area contributed by atoms with Gasteiger partial charge in [0.2, 0.25) is 0 Å². The predicted octanol–water partition coefficient (Wildman–Crippen LogP) is 3.34. The molecule has 3 rings (SSSR count). The second-order valence-electron chi connectivity index (χ2n) is 5.04. The Kier molecular flexibility index (Phi) is 4.23. The summed E-state index contributed by atoms with van der Waals surface area (Å²) >= 11 is 0. The topological polar surface area (TPSA) is 70.3 Å². The first-order valence-corrected chi connectivity index (χ1v) is 7.19. The van der Waals surface area contributed by atoms with Crippen molar-refractivity contribution >= 4 is 0 Å². The Hall–Kier alpha value is -2.89. The van der Waals surface area contributed by atoms with E-state index in [1.54, 1.807) is 19.5 Å². The van der Waals surface area contributed by atoms with Crippen molar-refractivity contribution in [3.8, 4) is 22.8 Å². The fraction of sp³-hybridized carbons (Fsp3) is 0.235. The summed E-state index contributed by atoms with van der Waals surface area (Å²) in [5.41, 5.74) is 3.43. The van der Waals surface area contributed by atoms with Gasteiger partial charge in [-0.25, -0.2) is 4.98 Å². The molecule has 6 nitrogen and oxygen atoms in total. The van der Waals surface area contributed by atoms with Gasteiger partial charge in [-0.2, -0.15) is 0 Å². The number of hydrogen-bond acceptors (Lipinski definition) is 6. The highest BCUT2D eigenvalue weighted by atomic mass is 16.5. The molecule has 0 aromatic carbocycles. The Balaban J connectivity index is 1.91. The average Bonchev–Trinajstić information content (AvgIpc) is 2.92. The van der Waals surface area contributed by atoms with Gasteiger partial charge in [-0.05, 0) is 32.0 Å². The minimum atomic E-state index is 0.337. The van der Waals surface area contributed by atoms with Gasteiger partial charge < -0.3 is 14.0 Å². The zero-order valence-electron chi connectivity index (χ0n) is 13.2. The molecule has 0 spiro atoms. The van der Waals surface area contributed by atoms with Crippen LogP contribution in [-0.4, -0.2) is 22.2 Å². The largest absolute Gasteiger partial charge is 0.482 e. The monoisotopic (exact) mass is 311 g/mol. The Bertz CT molecular complexity index is 781. The van der Waals surface area contributed by atoms with Crippen molar-refractivity contribution in [2.75, 3.05) is 7.11 Å². The van der Waals surface area contributed by atoms with Crippen LogP contribution in [0.3, 0.4) is 0 Å². The molecule has 3 aromatic heterocycles. The molecule has 0 aliphatic rings. The quantitative estimate of drug-likeness (QED) is 0.720. The molecule has 118 valence electrons. The summed E-state index contributed by atoms with van der Waals surface area (Å²) < 4.78 is 16.3.